The second-order valence-electron chi connectivity index (χ2n) is 7.39. The second kappa shape index (κ2) is 8.93. The van der Waals surface area contributed by atoms with E-state index in [1.807, 2.05) is 59.5 Å². The maximum absolute atomic E-state index is 12.9. The molecule has 0 radical (unpaired) electrons. The molecule has 1 aliphatic rings. The van der Waals surface area contributed by atoms with Gasteiger partial charge in [0, 0.05) is 37.8 Å². The van der Waals surface area contributed by atoms with Crippen LogP contribution < -0.4 is 4.74 Å². The van der Waals surface area contributed by atoms with Gasteiger partial charge < -0.3 is 9.64 Å². The first-order valence-electron chi connectivity index (χ1n) is 10.1. The number of pyridine rings is 1. The molecule has 0 bridgehead atoms. The van der Waals surface area contributed by atoms with Gasteiger partial charge >= 0.3 is 0 Å². The molecule has 1 unspecified atom stereocenters. The molecular weight excluding hydrogens is 376 g/mol. The maximum Gasteiger partial charge on any atom is 0.227 e. The lowest BCUT2D eigenvalue weighted by Crippen LogP contribution is -2.49. The summed E-state index contributed by atoms with van der Waals surface area (Å²) in [7, 11) is 1.63. The third-order valence-corrected chi connectivity index (χ3v) is 5.64. The Morgan fingerprint density at radius 2 is 1.83 bits per heavy atom. The molecule has 2 heterocycles. The van der Waals surface area contributed by atoms with E-state index in [1.165, 1.54) is 0 Å². The van der Waals surface area contributed by atoms with Crippen LogP contribution in [-0.4, -0.2) is 54.0 Å². The monoisotopic (exact) mass is 400 g/mol. The number of carbonyl (C=O) groups excluding carboxylic acids is 1. The Balaban J connectivity index is 1.39. The molecule has 2 aromatic carbocycles. The van der Waals surface area contributed by atoms with Crippen molar-refractivity contribution in [3.05, 3.63) is 71.9 Å². The number of carbonyl (C=O) groups is 1. The summed E-state index contributed by atoms with van der Waals surface area (Å²) < 4.78 is 5.20. The van der Waals surface area contributed by atoms with Gasteiger partial charge in [-0.15, -0.1) is 0 Å². The number of fused-ring (bicyclic) bond motifs is 1. The van der Waals surface area contributed by atoms with Gasteiger partial charge in [-0.2, -0.15) is 5.26 Å². The van der Waals surface area contributed by atoms with Crippen molar-refractivity contribution in [2.24, 2.45) is 0 Å². The molecule has 0 saturated carbocycles. The summed E-state index contributed by atoms with van der Waals surface area (Å²) in [5.74, 6) is 0.875. The number of benzene rings is 2. The Labute approximate surface area is 176 Å². The number of para-hydroxylation sites is 1. The van der Waals surface area contributed by atoms with Crippen molar-refractivity contribution >= 4 is 16.8 Å². The van der Waals surface area contributed by atoms with Gasteiger partial charge in [0.1, 0.15) is 11.8 Å². The minimum atomic E-state index is -0.324. The number of piperazine rings is 1. The van der Waals surface area contributed by atoms with E-state index in [0.717, 1.165) is 27.8 Å². The lowest BCUT2D eigenvalue weighted by Gasteiger charge is -2.37. The maximum atomic E-state index is 12.9. The van der Waals surface area contributed by atoms with Crippen LogP contribution in [0, 0.1) is 11.3 Å². The molecule has 1 amide bonds. The van der Waals surface area contributed by atoms with Crippen molar-refractivity contribution in [3.63, 3.8) is 0 Å². The lowest BCUT2D eigenvalue weighted by atomic mass is 10.0. The quantitative estimate of drug-likeness (QED) is 0.658. The average molecular weight is 400 g/mol. The number of nitriles is 1. The van der Waals surface area contributed by atoms with Crippen LogP contribution in [0.3, 0.4) is 0 Å². The van der Waals surface area contributed by atoms with Crippen LogP contribution in [0.25, 0.3) is 10.9 Å². The predicted octanol–water partition coefficient (Wildman–Crippen LogP) is 3.19. The van der Waals surface area contributed by atoms with E-state index in [0.29, 0.717) is 32.6 Å². The first-order chi connectivity index (χ1) is 14.7. The molecule has 3 aromatic rings. The third kappa shape index (κ3) is 4.12. The topological polar surface area (TPSA) is 69.5 Å². The normalized spacial score (nSPS) is 15.5. The summed E-state index contributed by atoms with van der Waals surface area (Å²) in [4.78, 5) is 21.4. The molecule has 1 saturated heterocycles. The zero-order valence-electron chi connectivity index (χ0n) is 17.0. The molecule has 30 heavy (non-hydrogen) atoms. The van der Waals surface area contributed by atoms with E-state index in [-0.39, 0.29) is 11.9 Å². The van der Waals surface area contributed by atoms with Crippen LogP contribution in [0.5, 0.6) is 5.75 Å². The zero-order valence-corrected chi connectivity index (χ0v) is 17.0. The minimum Gasteiger partial charge on any atom is -0.497 e. The van der Waals surface area contributed by atoms with E-state index in [2.05, 4.69) is 16.0 Å². The van der Waals surface area contributed by atoms with Gasteiger partial charge in [-0.25, -0.2) is 0 Å². The Morgan fingerprint density at radius 1 is 1.10 bits per heavy atom. The minimum absolute atomic E-state index is 0.103. The Bertz CT molecular complexity index is 1060. The van der Waals surface area contributed by atoms with Crippen LogP contribution in [0.1, 0.15) is 17.2 Å². The van der Waals surface area contributed by atoms with Gasteiger partial charge in [-0.3, -0.25) is 14.7 Å². The van der Waals surface area contributed by atoms with Gasteiger partial charge in [-0.1, -0.05) is 36.4 Å². The van der Waals surface area contributed by atoms with Gasteiger partial charge in [0.05, 0.1) is 25.1 Å². The number of hydrogen-bond acceptors (Lipinski definition) is 5. The van der Waals surface area contributed by atoms with E-state index in [9.17, 15) is 10.1 Å². The third-order valence-electron chi connectivity index (χ3n) is 5.64. The van der Waals surface area contributed by atoms with Crippen molar-refractivity contribution in [2.75, 3.05) is 33.3 Å². The number of nitrogens with zero attached hydrogens (tertiary/aromatic N) is 4. The SMILES string of the molecule is COc1ccc(C(C#N)N2CCN(C(=O)Cc3cccc4cccnc34)CC2)cc1. The average Bonchev–Trinajstić information content (AvgIpc) is 2.81. The molecule has 6 nitrogen and oxygen atoms in total. The number of amides is 1. The fraction of sp³-hybridized carbons (Fsp3) is 0.292. The van der Waals surface area contributed by atoms with E-state index < -0.39 is 0 Å². The molecule has 0 aliphatic carbocycles. The molecule has 4 rings (SSSR count). The van der Waals surface area contributed by atoms with Gasteiger partial charge in [-0.05, 0) is 29.3 Å². The largest absolute Gasteiger partial charge is 0.497 e. The first-order valence-corrected chi connectivity index (χ1v) is 10.1. The zero-order chi connectivity index (χ0) is 20.9. The Morgan fingerprint density at radius 3 is 2.53 bits per heavy atom. The summed E-state index contributed by atoms with van der Waals surface area (Å²) in [6, 6.07) is 19.5. The van der Waals surface area contributed by atoms with Gasteiger partial charge in [0.15, 0.2) is 0 Å². The number of rotatable bonds is 5. The number of methoxy groups -OCH3 is 1. The molecule has 1 aliphatic heterocycles. The number of hydrogen-bond donors (Lipinski definition) is 0. The van der Waals surface area contributed by atoms with Crippen LogP contribution in [0.15, 0.2) is 60.8 Å². The predicted molar refractivity (Wildman–Crippen MR) is 115 cm³/mol. The van der Waals surface area contributed by atoms with Crippen LogP contribution in [0.4, 0.5) is 0 Å². The first kappa shape index (κ1) is 19.9. The van der Waals surface area contributed by atoms with E-state index in [4.69, 9.17) is 4.74 Å². The van der Waals surface area contributed by atoms with Crippen molar-refractivity contribution in [1.29, 1.82) is 5.26 Å². The smallest absolute Gasteiger partial charge is 0.227 e. The molecule has 0 spiro atoms. The summed E-state index contributed by atoms with van der Waals surface area (Å²) in [5, 5.41) is 10.8. The standard InChI is InChI=1S/C24H24N4O2/c1-30-21-9-7-18(8-10-21)22(17-25)27-12-14-28(15-13-27)23(29)16-20-5-2-4-19-6-3-11-26-24(19)20/h2-11,22H,12-16H2,1H3. The summed E-state index contributed by atoms with van der Waals surface area (Å²) in [6.07, 6.45) is 2.10. The highest BCUT2D eigenvalue weighted by Crippen LogP contribution is 2.24. The molecular formula is C24H24N4O2. The van der Waals surface area contributed by atoms with Crippen LogP contribution >= 0.6 is 0 Å². The van der Waals surface area contributed by atoms with Gasteiger partial charge in [0.2, 0.25) is 5.91 Å². The van der Waals surface area contributed by atoms with Crippen molar-refractivity contribution in [1.82, 2.24) is 14.8 Å². The van der Waals surface area contributed by atoms with Gasteiger partial charge in [0.25, 0.3) is 0 Å². The Kier molecular flexibility index (Phi) is 5.92. The molecule has 1 atom stereocenters. The molecule has 1 aromatic heterocycles. The molecule has 6 heteroatoms. The lowest BCUT2D eigenvalue weighted by molar-refractivity contribution is -0.132. The highest BCUT2D eigenvalue weighted by Gasteiger charge is 2.27. The number of aromatic nitrogens is 1. The molecule has 152 valence electrons. The molecule has 1 fully saturated rings. The van der Waals surface area contributed by atoms with Crippen molar-refractivity contribution in [2.45, 2.75) is 12.5 Å². The van der Waals surface area contributed by atoms with Crippen LogP contribution in [-0.2, 0) is 11.2 Å². The summed E-state index contributed by atoms with van der Waals surface area (Å²) in [6.45, 7) is 2.57. The Hall–Kier alpha value is -3.43. The second-order valence-corrected chi connectivity index (χ2v) is 7.39. The highest BCUT2D eigenvalue weighted by atomic mass is 16.5. The highest BCUT2D eigenvalue weighted by molar-refractivity contribution is 5.87. The fourth-order valence-electron chi connectivity index (χ4n) is 3.97. The van der Waals surface area contributed by atoms with Crippen molar-refractivity contribution < 1.29 is 9.53 Å². The number of ether oxygens (including phenoxy) is 1. The van der Waals surface area contributed by atoms with E-state index in [1.54, 1.807) is 13.3 Å². The van der Waals surface area contributed by atoms with E-state index >= 15 is 0 Å². The summed E-state index contributed by atoms with van der Waals surface area (Å²) in [5.41, 5.74) is 2.78. The summed E-state index contributed by atoms with van der Waals surface area (Å²) >= 11 is 0. The van der Waals surface area contributed by atoms with Crippen LogP contribution in [0.2, 0.25) is 0 Å². The fourth-order valence-corrected chi connectivity index (χ4v) is 3.97. The molecule has 0 N–H and O–H groups in total. The van der Waals surface area contributed by atoms with Crippen molar-refractivity contribution in [3.8, 4) is 11.8 Å².